The maximum absolute atomic E-state index is 12.4. The van der Waals surface area contributed by atoms with Crippen LogP contribution in [0.2, 0.25) is 0 Å². The van der Waals surface area contributed by atoms with E-state index in [4.69, 9.17) is 18.9 Å². The van der Waals surface area contributed by atoms with E-state index in [-0.39, 0.29) is 0 Å². The Kier molecular flexibility index (Phi) is 5.10. The maximum atomic E-state index is 12.4. The molecule has 0 atom stereocenters. The Balaban J connectivity index is 1.59. The molecule has 1 N–H and O–H groups in total. The predicted octanol–water partition coefficient (Wildman–Crippen LogP) is 1.01. The van der Waals surface area contributed by atoms with Crippen molar-refractivity contribution in [2.24, 2.45) is 0 Å². The van der Waals surface area contributed by atoms with Crippen molar-refractivity contribution in [1.29, 1.82) is 0 Å². The predicted molar refractivity (Wildman–Crippen MR) is 88.6 cm³/mol. The van der Waals surface area contributed by atoms with Crippen LogP contribution in [0.5, 0.6) is 11.5 Å². The van der Waals surface area contributed by atoms with Crippen molar-refractivity contribution >= 4 is 17.5 Å². The Morgan fingerprint density at radius 3 is 2.32 bits per heavy atom. The third-order valence-corrected chi connectivity index (χ3v) is 4.46. The lowest BCUT2D eigenvalue weighted by Crippen LogP contribution is -2.50. The van der Waals surface area contributed by atoms with Crippen LogP contribution < -0.4 is 14.8 Å². The summed E-state index contributed by atoms with van der Waals surface area (Å²) in [4.78, 5) is 26.1. The molecule has 2 heterocycles. The molecule has 8 nitrogen and oxygen atoms in total. The standard InChI is InChI=1S/C17H22N2O6/c1-22-13-4-3-12(11-14(13)23-2)18-15(20)16(21)19-7-5-17(6-8-19)24-9-10-25-17/h3-4,11H,5-10H2,1-2H3,(H,18,20). The van der Waals surface area contributed by atoms with Gasteiger partial charge in [-0.1, -0.05) is 0 Å². The van der Waals surface area contributed by atoms with Crippen molar-refractivity contribution < 1.29 is 28.5 Å². The number of methoxy groups -OCH3 is 2. The van der Waals surface area contributed by atoms with Crippen molar-refractivity contribution in [3.63, 3.8) is 0 Å². The minimum absolute atomic E-state index is 0.429. The van der Waals surface area contributed by atoms with Gasteiger partial charge in [-0.05, 0) is 12.1 Å². The second kappa shape index (κ2) is 7.28. The van der Waals surface area contributed by atoms with Crippen LogP contribution in [-0.2, 0) is 19.1 Å². The average Bonchev–Trinajstić information content (AvgIpc) is 3.09. The first kappa shape index (κ1) is 17.5. The van der Waals surface area contributed by atoms with E-state index in [2.05, 4.69) is 5.32 Å². The summed E-state index contributed by atoms with van der Waals surface area (Å²) in [6.07, 6.45) is 1.14. The van der Waals surface area contributed by atoms with Gasteiger partial charge in [-0.25, -0.2) is 0 Å². The zero-order valence-corrected chi connectivity index (χ0v) is 14.4. The number of likely N-dealkylation sites (tertiary alicyclic amines) is 1. The molecule has 1 aromatic rings. The zero-order chi connectivity index (χ0) is 17.9. The largest absolute Gasteiger partial charge is 0.493 e. The first-order chi connectivity index (χ1) is 12.1. The Morgan fingerprint density at radius 1 is 1.08 bits per heavy atom. The second-order valence-corrected chi connectivity index (χ2v) is 5.92. The fourth-order valence-corrected chi connectivity index (χ4v) is 3.08. The van der Waals surface area contributed by atoms with E-state index in [0.29, 0.717) is 56.3 Å². The lowest BCUT2D eigenvalue weighted by atomic mass is 10.0. The molecule has 8 heteroatoms. The molecule has 0 aliphatic carbocycles. The third kappa shape index (κ3) is 3.69. The average molecular weight is 350 g/mol. The number of hydrogen-bond donors (Lipinski definition) is 1. The fraction of sp³-hybridized carbons (Fsp3) is 0.529. The minimum atomic E-state index is -0.684. The van der Waals surface area contributed by atoms with E-state index >= 15 is 0 Å². The number of benzene rings is 1. The SMILES string of the molecule is COc1ccc(NC(=O)C(=O)N2CCC3(CC2)OCCO3)cc1OC. The highest BCUT2D eigenvalue weighted by Crippen LogP contribution is 2.32. The summed E-state index contributed by atoms with van der Waals surface area (Å²) >= 11 is 0. The van der Waals surface area contributed by atoms with Gasteiger partial charge in [-0.2, -0.15) is 0 Å². The summed E-state index contributed by atoms with van der Waals surface area (Å²) in [6, 6.07) is 4.92. The fourth-order valence-electron chi connectivity index (χ4n) is 3.08. The highest BCUT2D eigenvalue weighted by atomic mass is 16.7. The molecule has 2 amide bonds. The highest BCUT2D eigenvalue weighted by molar-refractivity contribution is 6.39. The van der Waals surface area contributed by atoms with Crippen LogP contribution in [0.4, 0.5) is 5.69 Å². The Hall–Kier alpha value is -2.32. The lowest BCUT2D eigenvalue weighted by molar-refractivity contribution is -0.187. The van der Waals surface area contributed by atoms with Crippen LogP contribution in [0.1, 0.15) is 12.8 Å². The molecule has 0 radical (unpaired) electrons. The summed E-state index contributed by atoms with van der Waals surface area (Å²) < 4.78 is 21.6. The Labute approximate surface area is 146 Å². The van der Waals surface area contributed by atoms with Gasteiger partial charge in [0.15, 0.2) is 17.3 Å². The number of amides is 2. The minimum Gasteiger partial charge on any atom is -0.493 e. The second-order valence-electron chi connectivity index (χ2n) is 5.92. The van der Waals surface area contributed by atoms with Crippen LogP contribution in [0.3, 0.4) is 0 Å². The van der Waals surface area contributed by atoms with Gasteiger partial charge in [0, 0.05) is 37.7 Å². The molecule has 136 valence electrons. The number of ether oxygens (including phenoxy) is 4. The molecule has 0 saturated carbocycles. The van der Waals surface area contributed by atoms with E-state index < -0.39 is 17.6 Å². The third-order valence-electron chi connectivity index (χ3n) is 4.46. The molecule has 3 rings (SSSR count). The van der Waals surface area contributed by atoms with Gasteiger partial charge in [-0.15, -0.1) is 0 Å². The van der Waals surface area contributed by atoms with Crippen LogP contribution in [0.15, 0.2) is 18.2 Å². The van der Waals surface area contributed by atoms with Gasteiger partial charge < -0.3 is 29.2 Å². The molecule has 0 aromatic heterocycles. The summed E-state index contributed by atoms with van der Waals surface area (Å²) in [5.74, 6) is -0.802. The molecular formula is C17H22N2O6. The smallest absolute Gasteiger partial charge is 0.313 e. The monoisotopic (exact) mass is 350 g/mol. The number of nitrogens with zero attached hydrogens (tertiary/aromatic N) is 1. The van der Waals surface area contributed by atoms with E-state index in [9.17, 15) is 9.59 Å². The normalized spacial score (nSPS) is 18.9. The molecule has 0 bridgehead atoms. The summed E-state index contributed by atoms with van der Waals surface area (Å²) in [6.45, 7) is 2.01. The Morgan fingerprint density at radius 2 is 1.72 bits per heavy atom. The van der Waals surface area contributed by atoms with Crippen molar-refractivity contribution in [3.05, 3.63) is 18.2 Å². The van der Waals surface area contributed by atoms with Gasteiger partial charge in [0.25, 0.3) is 0 Å². The van der Waals surface area contributed by atoms with E-state index in [0.717, 1.165) is 0 Å². The highest BCUT2D eigenvalue weighted by Gasteiger charge is 2.41. The maximum Gasteiger partial charge on any atom is 0.313 e. The number of anilines is 1. The quantitative estimate of drug-likeness (QED) is 0.819. The van der Waals surface area contributed by atoms with Crippen LogP contribution in [0, 0.1) is 0 Å². The van der Waals surface area contributed by atoms with Gasteiger partial charge in [0.1, 0.15) is 0 Å². The molecule has 0 unspecified atom stereocenters. The zero-order valence-electron chi connectivity index (χ0n) is 14.4. The van der Waals surface area contributed by atoms with Crippen molar-refractivity contribution in [2.45, 2.75) is 18.6 Å². The van der Waals surface area contributed by atoms with Gasteiger partial charge >= 0.3 is 11.8 Å². The van der Waals surface area contributed by atoms with E-state index in [1.165, 1.54) is 19.1 Å². The van der Waals surface area contributed by atoms with Gasteiger partial charge in [-0.3, -0.25) is 9.59 Å². The molecule has 2 aliphatic rings. The molecule has 2 fully saturated rings. The molecule has 2 aliphatic heterocycles. The van der Waals surface area contributed by atoms with Crippen LogP contribution in [0.25, 0.3) is 0 Å². The number of carbonyl (C=O) groups excluding carboxylic acids is 2. The number of piperidine rings is 1. The van der Waals surface area contributed by atoms with Crippen LogP contribution in [-0.4, -0.2) is 63.0 Å². The summed E-state index contributed by atoms with van der Waals surface area (Å²) in [5.41, 5.74) is 0.465. The summed E-state index contributed by atoms with van der Waals surface area (Å²) in [7, 11) is 3.03. The van der Waals surface area contributed by atoms with E-state index in [1.54, 1.807) is 18.2 Å². The number of hydrogen-bond acceptors (Lipinski definition) is 6. The molecule has 25 heavy (non-hydrogen) atoms. The molecule has 1 aromatic carbocycles. The number of rotatable bonds is 3. The number of carbonyl (C=O) groups is 2. The molecule has 2 saturated heterocycles. The van der Waals surface area contributed by atoms with Crippen molar-refractivity contribution in [2.75, 3.05) is 45.8 Å². The molecular weight excluding hydrogens is 328 g/mol. The Bertz CT molecular complexity index is 647. The summed E-state index contributed by atoms with van der Waals surface area (Å²) in [5, 5.41) is 2.60. The first-order valence-electron chi connectivity index (χ1n) is 8.17. The topological polar surface area (TPSA) is 86.3 Å². The lowest BCUT2D eigenvalue weighted by Gasteiger charge is -2.37. The van der Waals surface area contributed by atoms with Crippen LogP contribution >= 0.6 is 0 Å². The molecule has 1 spiro atoms. The van der Waals surface area contributed by atoms with E-state index in [1.807, 2.05) is 0 Å². The van der Waals surface area contributed by atoms with Crippen molar-refractivity contribution in [1.82, 2.24) is 4.90 Å². The van der Waals surface area contributed by atoms with Crippen molar-refractivity contribution in [3.8, 4) is 11.5 Å². The van der Waals surface area contributed by atoms with Gasteiger partial charge in [0.2, 0.25) is 0 Å². The van der Waals surface area contributed by atoms with Gasteiger partial charge in [0.05, 0.1) is 27.4 Å². The number of nitrogens with one attached hydrogen (secondary N) is 1. The first-order valence-corrected chi connectivity index (χ1v) is 8.17.